The highest BCUT2D eigenvalue weighted by atomic mass is 19.1. The second-order valence-electron chi connectivity index (χ2n) is 6.95. The van der Waals surface area contributed by atoms with Crippen LogP contribution >= 0.6 is 0 Å². The summed E-state index contributed by atoms with van der Waals surface area (Å²) in [6, 6.07) is 6.13. The number of carbonyl (C=O) groups is 2. The first-order chi connectivity index (χ1) is 12.0. The molecule has 0 N–H and O–H groups in total. The maximum atomic E-state index is 13.3. The second-order valence-corrected chi connectivity index (χ2v) is 6.95. The van der Waals surface area contributed by atoms with Crippen molar-refractivity contribution in [3.8, 4) is 0 Å². The lowest BCUT2D eigenvalue weighted by Gasteiger charge is -2.31. The number of hydrogen-bond acceptors (Lipinski definition) is 3. The number of amides is 1. The highest BCUT2D eigenvalue weighted by Gasteiger charge is 2.45. The van der Waals surface area contributed by atoms with E-state index in [2.05, 4.69) is 12.2 Å². The molecule has 1 aromatic carbocycles. The Morgan fingerprint density at radius 2 is 2.08 bits per heavy atom. The fraction of sp³-hybridized carbons (Fsp3) is 0.500. The Kier molecular flexibility index (Phi) is 5.21. The summed E-state index contributed by atoms with van der Waals surface area (Å²) in [7, 11) is 0. The third kappa shape index (κ3) is 3.75. The number of carbonyl (C=O) groups excluding carboxylic acids is 2. The van der Waals surface area contributed by atoms with Crippen LogP contribution in [0.5, 0.6) is 0 Å². The molecule has 25 heavy (non-hydrogen) atoms. The van der Waals surface area contributed by atoms with Gasteiger partial charge in [-0.2, -0.15) is 0 Å². The van der Waals surface area contributed by atoms with Crippen molar-refractivity contribution in [2.75, 3.05) is 19.7 Å². The molecule has 0 radical (unpaired) electrons. The summed E-state index contributed by atoms with van der Waals surface area (Å²) in [5.74, 6) is -0.352. The quantitative estimate of drug-likeness (QED) is 0.623. The maximum Gasteiger partial charge on any atom is 0.309 e. The van der Waals surface area contributed by atoms with Gasteiger partial charge in [0.05, 0.1) is 18.9 Å². The number of fused-ring (bicyclic) bond motifs is 1. The summed E-state index contributed by atoms with van der Waals surface area (Å²) in [5, 5.41) is 0. The summed E-state index contributed by atoms with van der Waals surface area (Å²) in [6.07, 6.45) is 4.37. The van der Waals surface area contributed by atoms with Gasteiger partial charge in [-0.3, -0.25) is 9.59 Å². The van der Waals surface area contributed by atoms with Crippen LogP contribution < -0.4 is 0 Å². The summed E-state index contributed by atoms with van der Waals surface area (Å²) in [4.78, 5) is 26.8. The van der Waals surface area contributed by atoms with Crippen LogP contribution in [-0.2, 0) is 20.7 Å². The van der Waals surface area contributed by atoms with Gasteiger partial charge in [0.2, 0.25) is 5.91 Å². The number of ether oxygens (including phenoxy) is 1. The van der Waals surface area contributed by atoms with Crippen molar-refractivity contribution in [3.05, 3.63) is 47.8 Å². The standard InChI is InChI=1S/C20H24FNO3/c1-3-25-20(24)19-13(2)7-8-15-11-22(12-17(15)19)18(23)10-14-5-4-6-16(21)9-14/h4-9,13,15,17,19H,3,10-12H2,1-2H3/t13-,15-,17-,19-/m0/s1. The second kappa shape index (κ2) is 7.38. The van der Waals surface area contributed by atoms with Crippen LogP contribution in [-0.4, -0.2) is 36.5 Å². The Balaban J connectivity index is 1.70. The molecular weight excluding hydrogens is 321 g/mol. The number of esters is 1. The van der Waals surface area contributed by atoms with E-state index in [9.17, 15) is 14.0 Å². The fourth-order valence-corrected chi connectivity index (χ4v) is 4.03. The molecule has 0 aromatic heterocycles. The Morgan fingerprint density at radius 1 is 1.28 bits per heavy atom. The van der Waals surface area contributed by atoms with E-state index in [-0.39, 0.29) is 47.8 Å². The molecule has 5 heteroatoms. The van der Waals surface area contributed by atoms with Crippen molar-refractivity contribution in [2.24, 2.45) is 23.7 Å². The minimum atomic E-state index is -0.334. The number of nitrogens with zero attached hydrogens (tertiary/aromatic N) is 1. The van der Waals surface area contributed by atoms with Gasteiger partial charge in [0.25, 0.3) is 0 Å². The maximum absolute atomic E-state index is 13.3. The molecule has 1 fully saturated rings. The normalized spacial score (nSPS) is 27.9. The Labute approximate surface area is 147 Å². The lowest BCUT2D eigenvalue weighted by atomic mass is 9.72. The van der Waals surface area contributed by atoms with Crippen LogP contribution in [0.4, 0.5) is 4.39 Å². The molecule has 4 nitrogen and oxygen atoms in total. The van der Waals surface area contributed by atoms with Crippen molar-refractivity contribution in [2.45, 2.75) is 20.3 Å². The molecule has 0 saturated carbocycles. The van der Waals surface area contributed by atoms with Crippen LogP contribution in [0.25, 0.3) is 0 Å². The monoisotopic (exact) mass is 345 g/mol. The molecule has 1 amide bonds. The molecule has 1 aromatic rings. The van der Waals surface area contributed by atoms with Gasteiger partial charge in [-0.25, -0.2) is 4.39 Å². The molecule has 0 unspecified atom stereocenters. The Hall–Kier alpha value is -2.17. The van der Waals surface area contributed by atoms with Gasteiger partial charge in [-0.15, -0.1) is 0 Å². The molecule has 4 atom stereocenters. The van der Waals surface area contributed by atoms with Gasteiger partial charge in [0, 0.05) is 13.1 Å². The minimum absolute atomic E-state index is 0.0244. The smallest absolute Gasteiger partial charge is 0.309 e. The summed E-state index contributed by atoms with van der Waals surface area (Å²) < 4.78 is 18.6. The molecule has 3 rings (SSSR count). The first-order valence-corrected chi connectivity index (χ1v) is 8.86. The molecule has 0 spiro atoms. The zero-order valence-electron chi connectivity index (χ0n) is 14.7. The van der Waals surface area contributed by atoms with Crippen LogP contribution in [0.15, 0.2) is 36.4 Å². The van der Waals surface area contributed by atoms with Crippen molar-refractivity contribution in [1.82, 2.24) is 4.90 Å². The van der Waals surface area contributed by atoms with E-state index >= 15 is 0 Å². The lowest BCUT2D eigenvalue weighted by Crippen LogP contribution is -2.37. The van der Waals surface area contributed by atoms with Crippen molar-refractivity contribution in [3.63, 3.8) is 0 Å². The van der Waals surface area contributed by atoms with E-state index in [1.54, 1.807) is 17.0 Å². The topological polar surface area (TPSA) is 46.6 Å². The summed E-state index contributed by atoms with van der Waals surface area (Å²) >= 11 is 0. The SMILES string of the molecule is CCOC(=O)[C@@H]1[C@H]2CN(C(=O)Cc3cccc(F)c3)C[C@@H]2C=C[C@@H]1C. The van der Waals surface area contributed by atoms with E-state index in [1.807, 2.05) is 13.8 Å². The summed E-state index contributed by atoms with van der Waals surface area (Å²) in [6.45, 7) is 5.36. The van der Waals surface area contributed by atoms with Gasteiger partial charge in [-0.05, 0) is 42.4 Å². The molecule has 1 saturated heterocycles. The number of likely N-dealkylation sites (tertiary alicyclic amines) is 1. The molecular formula is C20H24FNO3. The molecule has 2 aliphatic rings. The third-order valence-corrected chi connectivity index (χ3v) is 5.26. The van der Waals surface area contributed by atoms with Crippen LogP contribution in [0, 0.1) is 29.5 Å². The number of halogens is 1. The largest absolute Gasteiger partial charge is 0.466 e. The zero-order valence-corrected chi connectivity index (χ0v) is 14.7. The van der Waals surface area contributed by atoms with Crippen molar-refractivity contribution >= 4 is 11.9 Å². The van der Waals surface area contributed by atoms with Gasteiger partial charge >= 0.3 is 5.97 Å². The molecule has 1 heterocycles. The van der Waals surface area contributed by atoms with E-state index < -0.39 is 0 Å². The van der Waals surface area contributed by atoms with E-state index in [0.29, 0.717) is 25.3 Å². The average Bonchev–Trinajstić information content (AvgIpc) is 2.99. The number of benzene rings is 1. The Morgan fingerprint density at radius 3 is 2.80 bits per heavy atom. The molecule has 1 aliphatic heterocycles. The summed E-state index contributed by atoms with van der Waals surface area (Å²) in [5.41, 5.74) is 0.672. The number of hydrogen-bond donors (Lipinski definition) is 0. The predicted octanol–water partition coefficient (Wildman–Crippen LogP) is 2.83. The molecule has 1 aliphatic carbocycles. The van der Waals surface area contributed by atoms with Gasteiger partial charge in [0.1, 0.15) is 5.82 Å². The van der Waals surface area contributed by atoms with Crippen molar-refractivity contribution in [1.29, 1.82) is 0 Å². The highest BCUT2D eigenvalue weighted by molar-refractivity contribution is 5.80. The molecule has 0 bridgehead atoms. The van der Waals surface area contributed by atoms with E-state index in [4.69, 9.17) is 4.74 Å². The van der Waals surface area contributed by atoms with E-state index in [0.717, 1.165) is 0 Å². The van der Waals surface area contributed by atoms with E-state index in [1.165, 1.54) is 12.1 Å². The first-order valence-electron chi connectivity index (χ1n) is 8.86. The zero-order chi connectivity index (χ0) is 18.0. The van der Waals surface area contributed by atoms with Gasteiger partial charge in [-0.1, -0.05) is 31.2 Å². The highest BCUT2D eigenvalue weighted by Crippen LogP contribution is 2.40. The van der Waals surface area contributed by atoms with Crippen molar-refractivity contribution < 1.29 is 18.7 Å². The van der Waals surface area contributed by atoms with Gasteiger partial charge in [0.15, 0.2) is 0 Å². The Bertz CT molecular complexity index is 687. The minimum Gasteiger partial charge on any atom is -0.466 e. The molecule has 134 valence electrons. The van der Waals surface area contributed by atoms with Crippen LogP contribution in [0.2, 0.25) is 0 Å². The fourth-order valence-electron chi connectivity index (χ4n) is 4.03. The van der Waals surface area contributed by atoms with Gasteiger partial charge < -0.3 is 9.64 Å². The number of rotatable bonds is 4. The average molecular weight is 345 g/mol. The third-order valence-electron chi connectivity index (χ3n) is 5.26. The number of allylic oxidation sites excluding steroid dienone is 1. The first kappa shape index (κ1) is 17.6. The van der Waals surface area contributed by atoms with Crippen LogP contribution in [0.1, 0.15) is 19.4 Å². The van der Waals surface area contributed by atoms with Crippen LogP contribution in [0.3, 0.4) is 0 Å². The predicted molar refractivity (Wildman–Crippen MR) is 92.1 cm³/mol. The lowest BCUT2D eigenvalue weighted by molar-refractivity contribution is -0.152.